The third kappa shape index (κ3) is 3.51. The van der Waals surface area contributed by atoms with E-state index in [1.54, 1.807) is 20.8 Å². The van der Waals surface area contributed by atoms with Crippen molar-refractivity contribution in [1.29, 1.82) is 0 Å². The molecule has 0 aliphatic rings. The van der Waals surface area contributed by atoms with Crippen LogP contribution < -0.4 is 4.72 Å². The van der Waals surface area contributed by atoms with Crippen molar-refractivity contribution in [2.75, 3.05) is 0 Å². The zero-order valence-electron chi connectivity index (χ0n) is 11.4. The fourth-order valence-electron chi connectivity index (χ4n) is 1.54. The molecule has 0 saturated heterocycles. The second-order valence-corrected chi connectivity index (χ2v) is 6.27. The summed E-state index contributed by atoms with van der Waals surface area (Å²) in [6.45, 7) is 6.98. The lowest BCUT2D eigenvalue weighted by Gasteiger charge is -2.13. The van der Waals surface area contributed by atoms with E-state index in [1.807, 2.05) is 6.92 Å². The van der Waals surface area contributed by atoms with Gasteiger partial charge in [0.05, 0.1) is 4.92 Å². The van der Waals surface area contributed by atoms with Gasteiger partial charge in [-0.2, -0.15) is 0 Å². The minimum absolute atomic E-state index is 0.272. The fourth-order valence-corrected chi connectivity index (χ4v) is 3.11. The molecule has 0 fully saturated rings. The minimum Gasteiger partial charge on any atom is -0.258 e. The first kappa shape index (κ1) is 15.6. The maximum absolute atomic E-state index is 12.2. The number of rotatable bonds is 5. The molecule has 1 atom stereocenters. The predicted molar refractivity (Wildman–Crippen MR) is 72.6 cm³/mol. The largest absolute Gasteiger partial charge is 0.289 e. The van der Waals surface area contributed by atoms with Gasteiger partial charge >= 0.3 is 0 Å². The number of hydrogen-bond acceptors (Lipinski definition) is 4. The number of benzene rings is 1. The van der Waals surface area contributed by atoms with Gasteiger partial charge in [0.15, 0.2) is 4.90 Å². The van der Waals surface area contributed by atoms with Crippen molar-refractivity contribution in [1.82, 2.24) is 4.72 Å². The van der Waals surface area contributed by atoms with Crippen molar-refractivity contribution in [2.45, 2.75) is 45.1 Å². The third-order valence-corrected chi connectivity index (χ3v) is 4.65. The number of hydrogen-bond donors (Lipinski definition) is 1. The van der Waals surface area contributed by atoms with E-state index in [-0.39, 0.29) is 16.6 Å². The normalized spacial score (nSPS) is 13.3. The molecule has 1 rings (SSSR count). The first-order chi connectivity index (χ1) is 8.69. The molecule has 1 aromatic rings. The molecule has 1 N–H and O–H groups in total. The van der Waals surface area contributed by atoms with E-state index in [2.05, 4.69) is 4.72 Å². The van der Waals surface area contributed by atoms with Crippen LogP contribution in [0.25, 0.3) is 0 Å². The number of nitrogens with zero attached hydrogens (tertiary/aromatic N) is 1. The van der Waals surface area contributed by atoms with Gasteiger partial charge in [-0.1, -0.05) is 6.92 Å². The maximum Gasteiger partial charge on any atom is 0.289 e. The monoisotopic (exact) mass is 286 g/mol. The summed E-state index contributed by atoms with van der Waals surface area (Å²) in [6, 6.07) is 2.37. The molecule has 0 amide bonds. The summed E-state index contributed by atoms with van der Waals surface area (Å²) in [6.07, 6.45) is 0.609. The molecule has 0 aromatic heterocycles. The molecule has 6 nitrogen and oxygen atoms in total. The quantitative estimate of drug-likeness (QED) is 0.664. The summed E-state index contributed by atoms with van der Waals surface area (Å²) in [5, 5.41) is 11.0. The fraction of sp³-hybridized carbons (Fsp3) is 0.500. The summed E-state index contributed by atoms with van der Waals surface area (Å²) in [5.74, 6) is 0. The molecule has 1 aromatic carbocycles. The standard InChI is InChI=1S/C12H18N2O4S/c1-5-10(4)13-19(17,18)12-7-9(3)8(2)6-11(12)14(15)16/h6-7,10,13H,5H2,1-4H3. The van der Waals surface area contributed by atoms with Gasteiger partial charge in [-0.3, -0.25) is 10.1 Å². The van der Waals surface area contributed by atoms with Crippen molar-refractivity contribution in [3.8, 4) is 0 Å². The van der Waals surface area contributed by atoms with E-state index in [4.69, 9.17) is 0 Å². The highest BCUT2D eigenvalue weighted by Gasteiger charge is 2.27. The average molecular weight is 286 g/mol. The van der Waals surface area contributed by atoms with Crippen LogP contribution in [-0.2, 0) is 10.0 Å². The SMILES string of the molecule is CCC(C)NS(=O)(=O)c1cc(C)c(C)cc1[N+](=O)[O-]. The van der Waals surface area contributed by atoms with Crippen molar-refractivity contribution >= 4 is 15.7 Å². The molecule has 0 bridgehead atoms. The predicted octanol–water partition coefficient (Wildman–Crippen LogP) is 2.29. The Morgan fingerprint density at radius 1 is 1.32 bits per heavy atom. The highest BCUT2D eigenvalue weighted by Crippen LogP contribution is 2.27. The van der Waals surface area contributed by atoms with Gasteiger partial charge in [-0.05, 0) is 44.4 Å². The highest BCUT2D eigenvalue weighted by molar-refractivity contribution is 7.89. The van der Waals surface area contributed by atoms with Crippen molar-refractivity contribution in [3.63, 3.8) is 0 Å². The Kier molecular flexibility index (Phi) is 4.65. The van der Waals surface area contributed by atoms with Gasteiger partial charge in [0.2, 0.25) is 10.0 Å². The maximum atomic E-state index is 12.2. The van der Waals surface area contributed by atoms with Crippen molar-refractivity contribution < 1.29 is 13.3 Å². The molecule has 1 unspecified atom stereocenters. The summed E-state index contributed by atoms with van der Waals surface area (Å²) in [7, 11) is -3.88. The molecule has 0 aliphatic heterocycles. The van der Waals surface area contributed by atoms with E-state index in [9.17, 15) is 18.5 Å². The van der Waals surface area contributed by atoms with Gasteiger partial charge in [-0.25, -0.2) is 13.1 Å². The Labute approximate surface area is 113 Å². The lowest BCUT2D eigenvalue weighted by Crippen LogP contribution is -2.32. The summed E-state index contributed by atoms with van der Waals surface area (Å²) in [4.78, 5) is 10.1. The summed E-state index contributed by atoms with van der Waals surface area (Å²) in [5.41, 5.74) is 1.00. The number of nitro benzene ring substituents is 1. The molecule has 0 radical (unpaired) electrons. The van der Waals surface area contributed by atoms with E-state index < -0.39 is 14.9 Å². The first-order valence-electron chi connectivity index (χ1n) is 5.97. The molecular formula is C12H18N2O4S. The van der Waals surface area contributed by atoms with Crippen LogP contribution in [0.2, 0.25) is 0 Å². The third-order valence-electron chi connectivity index (χ3n) is 3.03. The number of sulfonamides is 1. The smallest absolute Gasteiger partial charge is 0.258 e. The Morgan fingerprint density at radius 2 is 1.84 bits per heavy atom. The van der Waals surface area contributed by atoms with Gasteiger partial charge in [0.25, 0.3) is 5.69 Å². The number of nitro groups is 1. The van der Waals surface area contributed by atoms with E-state index in [1.165, 1.54) is 12.1 Å². The van der Waals surface area contributed by atoms with Crippen LogP contribution in [0.4, 0.5) is 5.69 Å². The molecule has 19 heavy (non-hydrogen) atoms. The zero-order valence-corrected chi connectivity index (χ0v) is 12.2. The number of aryl methyl sites for hydroxylation is 2. The molecule has 0 heterocycles. The van der Waals surface area contributed by atoms with Crippen molar-refractivity contribution in [3.05, 3.63) is 33.4 Å². The van der Waals surface area contributed by atoms with E-state index in [0.29, 0.717) is 17.5 Å². The lowest BCUT2D eigenvalue weighted by molar-refractivity contribution is -0.387. The Morgan fingerprint density at radius 3 is 2.32 bits per heavy atom. The van der Waals surface area contributed by atoms with Crippen LogP contribution in [0, 0.1) is 24.0 Å². The van der Waals surface area contributed by atoms with Crippen LogP contribution in [0.5, 0.6) is 0 Å². The van der Waals surface area contributed by atoms with Crippen LogP contribution in [0.3, 0.4) is 0 Å². The minimum atomic E-state index is -3.88. The molecule has 0 saturated carbocycles. The number of nitrogens with one attached hydrogen (secondary N) is 1. The van der Waals surface area contributed by atoms with Gasteiger partial charge in [0, 0.05) is 12.1 Å². The Bertz CT molecular complexity index is 596. The van der Waals surface area contributed by atoms with Gasteiger partial charge in [-0.15, -0.1) is 0 Å². The second-order valence-electron chi connectivity index (χ2n) is 4.59. The summed E-state index contributed by atoms with van der Waals surface area (Å²) < 4.78 is 26.8. The molecule has 0 aliphatic carbocycles. The van der Waals surface area contributed by atoms with Crippen molar-refractivity contribution in [2.24, 2.45) is 0 Å². The van der Waals surface area contributed by atoms with Crippen LogP contribution in [0.15, 0.2) is 17.0 Å². The van der Waals surface area contributed by atoms with E-state index >= 15 is 0 Å². The Balaban J connectivity index is 3.40. The Hall–Kier alpha value is -1.47. The second kappa shape index (κ2) is 5.66. The first-order valence-corrected chi connectivity index (χ1v) is 7.45. The molecule has 7 heteroatoms. The van der Waals surface area contributed by atoms with E-state index in [0.717, 1.165) is 0 Å². The van der Waals surface area contributed by atoms with Crippen LogP contribution in [-0.4, -0.2) is 19.4 Å². The average Bonchev–Trinajstić information content (AvgIpc) is 2.30. The molecule has 106 valence electrons. The van der Waals surface area contributed by atoms with Crippen LogP contribution >= 0.6 is 0 Å². The highest BCUT2D eigenvalue weighted by atomic mass is 32.2. The summed E-state index contributed by atoms with van der Waals surface area (Å²) >= 11 is 0. The zero-order chi connectivity index (χ0) is 14.8. The lowest BCUT2D eigenvalue weighted by atomic mass is 10.1. The molecular weight excluding hydrogens is 268 g/mol. The van der Waals surface area contributed by atoms with Crippen LogP contribution in [0.1, 0.15) is 31.4 Å². The van der Waals surface area contributed by atoms with Gasteiger partial charge < -0.3 is 0 Å². The topological polar surface area (TPSA) is 89.3 Å². The van der Waals surface area contributed by atoms with Gasteiger partial charge in [0.1, 0.15) is 0 Å². The molecule has 0 spiro atoms.